The van der Waals surface area contributed by atoms with Crippen LogP contribution in [0.2, 0.25) is 0 Å². The molecule has 11 heteroatoms. The Hall–Kier alpha value is -0.440. The number of aliphatic hydroxyl groups is 8. The van der Waals surface area contributed by atoms with E-state index >= 15 is 0 Å². The summed E-state index contributed by atoms with van der Waals surface area (Å²) >= 11 is 0. The second-order valence-corrected chi connectivity index (χ2v) is 6.23. The second-order valence-electron chi connectivity index (χ2n) is 6.23. The summed E-state index contributed by atoms with van der Waals surface area (Å²) in [6, 6.07) is 0. The molecule has 2 saturated heterocycles. The third-order valence-electron chi connectivity index (χ3n) is 3.98. The molecule has 2 aliphatic rings. The summed E-state index contributed by atoms with van der Waals surface area (Å²) in [5.74, 6) is 0. The first kappa shape index (κ1) is 23.6. The molecular weight excluding hydrogens is 356 g/mol. The average molecular weight is 386 g/mol. The highest BCUT2D eigenvalue weighted by Gasteiger charge is 2.50. The molecule has 0 saturated carbocycles. The highest BCUT2D eigenvalue weighted by molar-refractivity contribution is 4.93. The zero-order chi connectivity index (χ0) is 20.0. The lowest BCUT2D eigenvalue weighted by molar-refractivity contribution is -0.355. The molecule has 2 heterocycles. The largest absolute Gasteiger partial charge is 0.394 e. The van der Waals surface area contributed by atoms with E-state index in [1.54, 1.807) is 0 Å². The molecule has 0 amide bonds. The fourth-order valence-corrected chi connectivity index (χ4v) is 2.57. The van der Waals surface area contributed by atoms with Gasteiger partial charge in [-0.25, -0.2) is 0 Å². The van der Waals surface area contributed by atoms with Gasteiger partial charge in [0.05, 0.1) is 13.2 Å². The van der Waals surface area contributed by atoms with Crippen molar-refractivity contribution in [2.75, 3.05) is 13.2 Å². The third-order valence-corrected chi connectivity index (χ3v) is 3.98. The average Bonchev–Trinajstić information content (AvgIpc) is 2.62. The summed E-state index contributed by atoms with van der Waals surface area (Å²) in [6.45, 7) is 2.90. The van der Waals surface area contributed by atoms with Crippen LogP contribution in [0.5, 0.6) is 0 Å². The van der Waals surface area contributed by atoms with Crippen LogP contribution in [-0.2, 0) is 14.2 Å². The maximum absolute atomic E-state index is 9.94. The van der Waals surface area contributed by atoms with E-state index in [4.69, 9.17) is 19.3 Å². The van der Waals surface area contributed by atoms with E-state index < -0.39 is 74.6 Å². The molecule has 11 nitrogen and oxygen atoms in total. The zero-order valence-corrected chi connectivity index (χ0v) is 14.7. The molecule has 0 aromatic rings. The van der Waals surface area contributed by atoms with Crippen molar-refractivity contribution >= 4 is 0 Å². The van der Waals surface area contributed by atoms with Crippen molar-refractivity contribution in [2.24, 2.45) is 0 Å². The molecule has 0 aromatic carbocycles. The second kappa shape index (κ2) is 10.8. The topological polar surface area (TPSA) is 190 Å². The maximum Gasteiger partial charge on any atom is 0.187 e. The summed E-state index contributed by atoms with van der Waals surface area (Å²) in [7, 11) is 0. The van der Waals surface area contributed by atoms with Crippen LogP contribution in [0.4, 0.5) is 0 Å². The van der Waals surface area contributed by atoms with Crippen molar-refractivity contribution < 1.29 is 55.1 Å². The minimum absolute atomic E-state index is 0.667. The Morgan fingerprint density at radius 2 is 1.23 bits per heavy atom. The predicted molar refractivity (Wildman–Crippen MR) is 84.6 cm³/mol. The molecule has 8 N–H and O–H groups in total. The Bertz CT molecular complexity index is 394. The number of ether oxygens (including phenoxy) is 3. The summed E-state index contributed by atoms with van der Waals surface area (Å²) in [4.78, 5) is 0. The van der Waals surface area contributed by atoms with Crippen molar-refractivity contribution in [2.45, 2.75) is 81.7 Å². The Morgan fingerprint density at radius 1 is 0.692 bits per heavy atom. The first-order chi connectivity index (χ1) is 12.2. The molecule has 156 valence electrons. The standard InChI is InChI=1S/C12H22O11.C3H8/c13-1-3-5(15)6(16)9(19)12(22-3)23-10-4(2-14)21-11(20)8(18)7(10)17;1-3-2/h3-20H,1-2H2;3H2,1-2H3/t3-,4-,5-,6+,7-,8-,9-,10-,11-,12-;/m1./s1. The van der Waals surface area contributed by atoms with Crippen LogP contribution in [0.1, 0.15) is 20.3 Å². The van der Waals surface area contributed by atoms with Crippen LogP contribution in [0, 0.1) is 0 Å². The zero-order valence-electron chi connectivity index (χ0n) is 14.7. The van der Waals surface area contributed by atoms with Crippen molar-refractivity contribution in [3.8, 4) is 0 Å². The van der Waals surface area contributed by atoms with Crippen LogP contribution >= 0.6 is 0 Å². The van der Waals surface area contributed by atoms with Gasteiger partial charge in [0, 0.05) is 0 Å². The Morgan fingerprint density at radius 3 is 1.73 bits per heavy atom. The summed E-state index contributed by atoms with van der Waals surface area (Å²) in [5, 5.41) is 76.5. The molecule has 26 heavy (non-hydrogen) atoms. The normalized spacial score (nSPS) is 46.4. The lowest BCUT2D eigenvalue weighted by Crippen LogP contribution is -2.64. The predicted octanol–water partition coefficient (Wildman–Crippen LogP) is -3.98. The molecule has 0 radical (unpaired) electrons. The van der Waals surface area contributed by atoms with Crippen LogP contribution in [-0.4, -0.2) is 115 Å². The van der Waals surface area contributed by atoms with Gasteiger partial charge in [-0.2, -0.15) is 0 Å². The molecule has 0 bridgehead atoms. The smallest absolute Gasteiger partial charge is 0.187 e. The highest BCUT2D eigenvalue weighted by atomic mass is 16.7. The van der Waals surface area contributed by atoms with Crippen molar-refractivity contribution in [1.82, 2.24) is 0 Å². The molecule has 0 unspecified atom stereocenters. The van der Waals surface area contributed by atoms with E-state index in [-0.39, 0.29) is 0 Å². The van der Waals surface area contributed by atoms with E-state index in [1.807, 2.05) is 0 Å². The van der Waals surface area contributed by atoms with Crippen molar-refractivity contribution in [1.29, 1.82) is 0 Å². The fourth-order valence-electron chi connectivity index (χ4n) is 2.57. The van der Waals surface area contributed by atoms with Crippen LogP contribution < -0.4 is 0 Å². The van der Waals surface area contributed by atoms with E-state index in [2.05, 4.69) is 13.8 Å². The first-order valence-corrected chi connectivity index (χ1v) is 8.49. The minimum Gasteiger partial charge on any atom is -0.394 e. The summed E-state index contributed by atoms with van der Waals surface area (Å²) < 4.78 is 15.3. The van der Waals surface area contributed by atoms with Crippen LogP contribution in [0.15, 0.2) is 0 Å². The van der Waals surface area contributed by atoms with Crippen LogP contribution in [0.25, 0.3) is 0 Å². The lowest BCUT2D eigenvalue weighted by Gasteiger charge is -2.45. The molecule has 2 rings (SSSR count). The third kappa shape index (κ3) is 5.30. The van der Waals surface area contributed by atoms with Gasteiger partial charge in [0.1, 0.15) is 48.8 Å². The first-order valence-electron chi connectivity index (χ1n) is 8.49. The quantitative estimate of drug-likeness (QED) is 0.235. The minimum atomic E-state index is -1.74. The molecule has 10 atom stereocenters. The molecule has 0 spiro atoms. The van der Waals surface area contributed by atoms with Gasteiger partial charge < -0.3 is 55.1 Å². The lowest BCUT2D eigenvalue weighted by atomic mass is 9.97. The number of rotatable bonds is 4. The van der Waals surface area contributed by atoms with Gasteiger partial charge >= 0.3 is 0 Å². The summed E-state index contributed by atoms with van der Waals surface area (Å²) in [6.07, 6.45) is -14.3. The number of aliphatic hydroxyl groups excluding tert-OH is 8. The van der Waals surface area contributed by atoms with Gasteiger partial charge in [-0.1, -0.05) is 20.3 Å². The van der Waals surface area contributed by atoms with Gasteiger partial charge in [-0.15, -0.1) is 0 Å². The van der Waals surface area contributed by atoms with E-state index in [9.17, 15) is 35.7 Å². The van der Waals surface area contributed by atoms with Gasteiger partial charge in [0.25, 0.3) is 0 Å². The van der Waals surface area contributed by atoms with E-state index in [0.29, 0.717) is 0 Å². The van der Waals surface area contributed by atoms with E-state index in [0.717, 1.165) is 0 Å². The number of hydrogen-bond donors (Lipinski definition) is 8. The van der Waals surface area contributed by atoms with Crippen LogP contribution in [0.3, 0.4) is 0 Å². The monoisotopic (exact) mass is 386 g/mol. The molecule has 0 aromatic heterocycles. The molecule has 0 aliphatic carbocycles. The fraction of sp³-hybridized carbons (Fsp3) is 1.00. The molecule has 2 fully saturated rings. The maximum atomic E-state index is 9.94. The Balaban J connectivity index is 0.00000105. The van der Waals surface area contributed by atoms with Gasteiger partial charge in [0.15, 0.2) is 12.6 Å². The highest BCUT2D eigenvalue weighted by Crippen LogP contribution is 2.28. The van der Waals surface area contributed by atoms with Gasteiger partial charge in [-0.05, 0) is 0 Å². The summed E-state index contributed by atoms with van der Waals surface area (Å²) in [5.41, 5.74) is 0. The van der Waals surface area contributed by atoms with Crippen molar-refractivity contribution in [3.63, 3.8) is 0 Å². The Kier molecular flexibility index (Phi) is 9.79. The SMILES string of the molecule is CCC.OC[C@H]1O[C@H](O[C@H]2[C@H](O)[C@@H](O)[C@H](O)O[C@@H]2CO)[C@H](O)[C@@H](O)[C@@H]1O. The molecule has 2 aliphatic heterocycles. The number of hydrogen-bond acceptors (Lipinski definition) is 11. The Labute approximate surface area is 151 Å². The van der Waals surface area contributed by atoms with Gasteiger partial charge in [0.2, 0.25) is 0 Å². The van der Waals surface area contributed by atoms with E-state index in [1.165, 1.54) is 6.42 Å². The molecular formula is C15H30O11. The van der Waals surface area contributed by atoms with Gasteiger partial charge in [-0.3, -0.25) is 0 Å². The van der Waals surface area contributed by atoms with Crippen molar-refractivity contribution in [3.05, 3.63) is 0 Å².